The molecule has 3 aromatic rings. The predicted molar refractivity (Wildman–Crippen MR) is 161 cm³/mol. The topological polar surface area (TPSA) is 70.1 Å². The number of nitrogens with zero attached hydrogens (tertiary/aromatic N) is 2. The minimum atomic E-state index is -0.489. The number of thioether (sulfide) groups is 1. The fourth-order valence-electron chi connectivity index (χ4n) is 5.75. The summed E-state index contributed by atoms with van der Waals surface area (Å²) < 4.78 is 0. The number of benzene rings is 3. The van der Waals surface area contributed by atoms with E-state index >= 15 is 0 Å². The second kappa shape index (κ2) is 11.0. The molecule has 0 amide bonds. The van der Waals surface area contributed by atoms with Gasteiger partial charge in [-0.05, 0) is 92.1 Å². The third kappa shape index (κ3) is 5.00. The maximum absolute atomic E-state index is 13.6. The average Bonchev–Trinajstić information content (AvgIpc) is 2.90. The van der Waals surface area contributed by atoms with Crippen LogP contribution in [0.2, 0.25) is 5.02 Å². The molecule has 5 rings (SSSR count). The maximum atomic E-state index is 13.6. The van der Waals surface area contributed by atoms with E-state index in [1.54, 1.807) is 11.8 Å². The normalized spacial score (nSPS) is 17.4. The molecule has 4 nitrogen and oxygen atoms in total. The summed E-state index contributed by atoms with van der Waals surface area (Å²) in [6.45, 7) is 8.30. The van der Waals surface area contributed by atoms with Crippen molar-refractivity contribution in [3.8, 4) is 6.07 Å². The number of ketones is 1. The zero-order valence-corrected chi connectivity index (χ0v) is 24.3. The standard InChI is InChI=1S/C33H32ClN3OS/c1-19-12-13-24(34)16-28(19)37-27-9-7-10-29(38)32(27)31(26(17-35)33(37)36)25-15-23(21(3)14-22(25)4)18-39-30-11-6-5-8-20(30)2/h5-6,8,11-16,31H,7,9-10,18,36H2,1-4H3. The molecule has 1 unspecified atom stereocenters. The lowest BCUT2D eigenvalue weighted by Gasteiger charge is -2.40. The van der Waals surface area contributed by atoms with Crippen molar-refractivity contribution < 1.29 is 4.79 Å². The van der Waals surface area contributed by atoms with Crippen molar-refractivity contribution in [1.29, 1.82) is 5.26 Å². The van der Waals surface area contributed by atoms with Crippen molar-refractivity contribution >= 4 is 34.8 Å². The Balaban J connectivity index is 1.65. The van der Waals surface area contributed by atoms with Crippen molar-refractivity contribution in [3.63, 3.8) is 0 Å². The third-order valence-electron chi connectivity index (χ3n) is 7.84. The van der Waals surface area contributed by atoms with Crippen LogP contribution < -0.4 is 10.6 Å². The van der Waals surface area contributed by atoms with Crippen LogP contribution in [0, 0.1) is 39.0 Å². The summed E-state index contributed by atoms with van der Waals surface area (Å²) >= 11 is 8.19. The Bertz CT molecular complexity index is 1600. The van der Waals surface area contributed by atoms with Gasteiger partial charge >= 0.3 is 0 Å². The van der Waals surface area contributed by atoms with E-state index in [4.69, 9.17) is 17.3 Å². The van der Waals surface area contributed by atoms with Crippen molar-refractivity contribution in [2.45, 2.75) is 63.5 Å². The van der Waals surface area contributed by atoms with Crippen molar-refractivity contribution in [1.82, 2.24) is 0 Å². The van der Waals surface area contributed by atoms with Gasteiger partial charge in [0.15, 0.2) is 5.78 Å². The van der Waals surface area contributed by atoms with Crippen LogP contribution in [0.5, 0.6) is 0 Å². The quantitative estimate of drug-likeness (QED) is 0.323. The van der Waals surface area contributed by atoms with Gasteiger partial charge in [-0.25, -0.2) is 0 Å². The van der Waals surface area contributed by atoms with E-state index < -0.39 is 5.92 Å². The molecule has 0 fully saturated rings. The summed E-state index contributed by atoms with van der Waals surface area (Å²) in [6, 6.07) is 20.8. The van der Waals surface area contributed by atoms with Crippen molar-refractivity contribution in [2.24, 2.45) is 5.73 Å². The largest absolute Gasteiger partial charge is 0.384 e. The Morgan fingerprint density at radius 1 is 1.00 bits per heavy atom. The monoisotopic (exact) mass is 553 g/mol. The van der Waals surface area contributed by atoms with E-state index in [1.165, 1.54) is 21.6 Å². The van der Waals surface area contributed by atoms with Gasteiger partial charge in [-0.2, -0.15) is 5.26 Å². The number of nitrogens with two attached hydrogens (primary N) is 1. The summed E-state index contributed by atoms with van der Waals surface area (Å²) in [6.07, 6.45) is 1.93. The highest BCUT2D eigenvalue weighted by Gasteiger charge is 2.41. The van der Waals surface area contributed by atoms with Gasteiger partial charge in [-0.3, -0.25) is 9.69 Å². The van der Waals surface area contributed by atoms with Gasteiger partial charge in [0, 0.05) is 33.4 Å². The minimum Gasteiger partial charge on any atom is -0.384 e. The first-order chi connectivity index (χ1) is 18.7. The van der Waals surface area contributed by atoms with E-state index in [-0.39, 0.29) is 5.78 Å². The highest BCUT2D eigenvalue weighted by molar-refractivity contribution is 7.98. The molecule has 198 valence electrons. The Morgan fingerprint density at radius 2 is 1.77 bits per heavy atom. The van der Waals surface area contributed by atoms with Crippen LogP contribution in [-0.4, -0.2) is 5.78 Å². The first-order valence-electron chi connectivity index (χ1n) is 13.2. The zero-order chi connectivity index (χ0) is 27.8. The number of allylic oxidation sites excluding steroid dienone is 3. The van der Waals surface area contributed by atoms with Gasteiger partial charge < -0.3 is 5.73 Å². The fourth-order valence-corrected chi connectivity index (χ4v) is 7.01. The van der Waals surface area contributed by atoms with E-state index in [0.29, 0.717) is 34.8 Å². The average molecular weight is 554 g/mol. The molecule has 39 heavy (non-hydrogen) atoms. The molecular formula is C33H32ClN3OS. The number of nitriles is 1. The molecular weight excluding hydrogens is 522 g/mol. The molecule has 0 radical (unpaired) electrons. The molecule has 0 saturated heterocycles. The number of anilines is 1. The molecule has 1 heterocycles. The third-order valence-corrected chi connectivity index (χ3v) is 9.30. The number of hydrogen-bond donors (Lipinski definition) is 1. The van der Waals surface area contributed by atoms with Crippen LogP contribution in [0.4, 0.5) is 5.69 Å². The Hall–Kier alpha value is -3.46. The van der Waals surface area contributed by atoms with E-state index in [2.05, 4.69) is 63.2 Å². The molecule has 0 saturated carbocycles. The molecule has 2 N–H and O–H groups in total. The van der Waals surface area contributed by atoms with Crippen molar-refractivity contribution in [3.05, 3.63) is 116 Å². The number of rotatable bonds is 5. The number of carbonyl (C=O) groups excluding carboxylic acids is 1. The fraction of sp³-hybridized carbons (Fsp3) is 0.273. The molecule has 0 spiro atoms. The lowest BCUT2D eigenvalue weighted by molar-refractivity contribution is -0.116. The second-order valence-corrected chi connectivity index (χ2v) is 11.9. The van der Waals surface area contributed by atoms with E-state index in [9.17, 15) is 10.1 Å². The molecule has 1 atom stereocenters. The van der Waals surface area contributed by atoms with Gasteiger partial charge in [-0.15, -0.1) is 11.8 Å². The zero-order valence-electron chi connectivity index (χ0n) is 22.8. The Morgan fingerprint density at radius 3 is 2.51 bits per heavy atom. The van der Waals surface area contributed by atoms with Crippen LogP contribution >= 0.6 is 23.4 Å². The Labute approximate surface area is 240 Å². The summed E-state index contributed by atoms with van der Waals surface area (Å²) in [7, 11) is 0. The van der Waals surface area contributed by atoms with Gasteiger partial charge in [0.2, 0.25) is 0 Å². The van der Waals surface area contributed by atoms with Crippen LogP contribution in [0.1, 0.15) is 58.6 Å². The molecule has 6 heteroatoms. The maximum Gasteiger partial charge on any atom is 0.161 e. The molecule has 0 aromatic heterocycles. The second-order valence-electron chi connectivity index (χ2n) is 10.4. The summed E-state index contributed by atoms with van der Waals surface area (Å²) in [5.41, 5.74) is 16.3. The lowest BCUT2D eigenvalue weighted by Crippen LogP contribution is -2.39. The number of hydrogen-bond acceptors (Lipinski definition) is 5. The van der Waals surface area contributed by atoms with Crippen LogP contribution in [-0.2, 0) is 10.5 Å². The molecule has 0 bridgehead atoms. The molecule has 1 aliphatic heterocycles. The first kappa shape index (κ1) is 27.1. The minimum absolute atomic E-state index is 0.0852. The highest BCUT2D eigenvalue weighted by atomic mass is 35.5. The van der Waals surface area contributed by atoms with E-state index in [0.717, 1.165) is 40.2 Å². The van der Waals surface area contributed by atoms with Gasteiger partial charge in [-0.1, -0.05) is 48.0 Å². The number of carbonyl (C=O) groups is 1. The number of Topliss-reactive ketones (excluding diaryl/α,β-unsaturated/α-hetero) is 1. The summed E-state index contributed by atoms with van der Waals surface area (Å²) in [5, 5.41) is 11.1. The molecule has 1 aliphatic carbocycles. The van der Waals surface area contributed by atoms with E-state index in [1.807, 2.05) is 30.0 Å². The van der Waals surface area contributed by atoms with Gasteiger partial charge in [0.25, 0.3) is 0 Å². The smallest absolute Gasteiger partial charge is 0.161 e. The highest BCUT2D eigenvalue weighted by Crippen LogP contribution is 2.48. The summed E-state index contributed by atoms with van der Waals surface area (Å²) in [4.78, 5) is 16.8. The molecule has 2 aliphatic rings. The van der Waals surface area contributed by atoms with Gasteiger partial charge in [0.1, 0.15) is 5.82 Å². The van der Waals surface area contributed by atoms with Crippen molar-refractivity contribution in [2.75, 3.05) is 4.90 Å². The Kier molecular flexibility index (Phi) is 7.62. The molecule has 3 aromatic carbocycles. The predicted octanol–water partition coefficient (Wildman–Crippen LogP) is 8.17. The van der Waals surface area contributed by atoms with Crippen LogP contribution in [0.3, 0.4) is 0 Å². The number of halogens is 1. The van der Waals surface area contributed by atoms with Gasteiger partial charge in [0.05, 0.1) is 23.2 Å². The van der Waals surface area contributed by atoms with Crippen LogP contribution in [0.15, 0.2) is 82.2 Å². The van der Waals surface area contributed by atoms with Crippen LogP contribution in [0.25, 0.3) is 0 Å². The summed E-state index contributed by atoms with van der Waals surface area (Å²) in [5.74, 6) is 0.765. The lowest BCUT2D eigenvalue weighted by atomic mass is 9.74. The SMILES string of the molecule is Cc1cc(C)c(C2C(C#N)=C(N)N(c3cc(Cl)ccc3C)C3=C2C(=O)CCC3)cc1CSc1ccccc1C. The first-order valence-corrected chi connectivity index (χ1v) is 14.6. The number of aryl methyl sites for hydroxylation is 4.